The maximum atomic E-state index is 11.3. The summed E-state index contributed by atoms with van der Waals surface area (Å²) in [5, 5.41) is 21.6. The molecule has 0 aliphatic heterocycles. The molecule has 0 saturated heterocycles. The third-order valence-corrected chi connectivity index (χ3v) is 21.0. The number of hydrogen-bond donors (Lipinski definition) is 3. The molecule has 4 aromatic heterocycles. The molecule has 0 bridgehead atoms. The van der Waals surface area contributed by atoms with Gasteiger partial charge in [-0.1, -0.05) is 234 Å². The molecule has 0 spiro atoms. The Labute approximate surface area is 705 Å². The molecule has 0 radical (unpaired) electrons. The van der Waals surface area contributed by atoms with E-state index in [2.05, 4.69) is 278 Å². The summed E-state index contributed by atoms with van der Waals surface area (Å²) in [4.78, 5) is 51.9. The van der Waals surface area contributed by atoms with Crippen LogP contribution in [0.2, 0.25) is 0 Å². The molecule has 0 aliphatic carbocycles. The summed E-state index contributed by atoms with van der Waals surface area (Å²) in [5.74, 6) is 8.32. The number of terminal acetylenes is 1. The fourth-order valence-corrected chi connectivity index (χ4v) is 14.0. The maximum Gasteiger partial charge on any atom is 0.303 e. The monoisotopic (exact) mass is 1590 g/mol. The molecule has 0 aliphatic rings. The van der Waals surface area contributed by atoms with Gasteiger partial charge in [0.2, 0.25) is 0 Å². The van der Waals surface area contributed by atoms with Crippen molar-refractivity contribution in [1.82, 2.24) is 43.5 Å². The number of aromatic nitrogens is 8. The lowest BCUT2D eigenvalue weighted by Gasteiger charge is -2.16. The first-order chi connectivity index (χ1) is 57.0. The fourth-order valence-electron chi connectivity index (χ4n) is 14.0. The van der Waals surface area contributed by atoms with Gasteiger partial charge in [-0.15, -0.1) is 6.42 Å². The molecule has 13 aromatic rings. The van der Waals surface area contributed by atoms with E-state index in [-0.39, 0.29) is 30.6 Å². The average molecular weight is 1600 g/mol. The Morgan fingerprint density at radius 3 is 1.06 bits per heavy atom. The molecule has 0 unspecified atom stereocenters. The van der Waals surface area contributed by atoms with Gasteiger partial charge >= 0.3 is 5.97 Å². The van der Waals surface area contributed by atoms with E-state index in [1.807, 2.05) is 82.8 Å². The number of ether oxygens (including phenoxy) is 2. The van der Waals surface area contributed by atoms with E-state index in [9.17, 15) is 19.5 Å². The van der Waals surface area contributed by atoms with Gasteiger partial charge in [-0.3, -0.25) is 9.59 Å². The Bertz CT molecular complexity index is 5220. The van der Waals surface area contributed by atoms with Gasteiger partial charge in [-0.25, -0.2) is 19.9 Å². The number of phenolic OH excluding ortho intramolecular Hbond substituents is 1. The van der Waals surface area contributed by atoms with Crippen molar-refractivity contribution in [3.63, 3.8) is 0 Å². The van der Waals surface area contributed by atoms with Crippen LogP contribution in [-0.2, 0) is 35.8 Å². The first-order valence-corrected chi connectivity index (χ1v) is 41.1. The van der Waals surface area contributed by atoms with Gasteiger partial charge in [-0.2, -0.15) is 0 Å². The summed E-state index contributed by atoms with van der Waals surface area (Å²) in [6, 6.07) is 66.2. The summed E-state index contributed by atoms with van der Waals surface area (Å²) in [6.07, 6.45) is 17.2. The van der Waals surface area contributed by atoms with Crippen LogP contribution in [-0.4, -0.2) is 85.8 Å². The van der Waals surface area contributed by atoms with E-state index in [4.69, 9.17) is 21.0 Å². The first kappa shape index (κ1) is 90.3. The zero-order chi connectivity index (χ0) is 85.8. The number of rotatable bonds is 28. The Kier molecular flexibility index (Phi) is 33.5. The van der Waals surface area contributed by atoms with Crippen LogP contribution in [0.1, 0.15) is 170 Å². The van der Waals surface area contributed by atoms with E-state index in [1.54, 1.807) is 25.1 Å². The highest BCUT2D eigenvalue weighted by Gasteiger charge is 2.19. The second kappa shape index (κ2) is 44.1. The SMILES string of the molecule is C#CCNC(=O)c1ccc(C)cc1.CC(=O)C[C@H](C)CCCOc1ccc(C)cc1Cn1c(C)cnc1-c1ccc(C)cc1.Cc1ccc(-c2ncc(C)n2Cc2cc(C)ccc2C)cc1.Cc1ccc(-c2ncc(C)n2Cc2cc(C)ccc2O)cc1.Cc1ccc(-c2ncc(C)n2Cc2cc(C)ccc2OCCC[C@@H](C)CC(=O)O)cc1. The summed E-state index contributed by atoms with van der Waals surface area (Å²) in [7, 11) is 0. The standard InChI is InChI=1S/C27H34N2O2.C26H32N2O3.C20H22N2.C19H20N2O.C11H11NO/c1-19-8-11-24(12-9-19)27-28-17-22(4)29(27)18-25-16-21(3)10-13-26(25)31-14-6-7-20(2)15-23(5)30;1-18-7-10-22(11-8-18)26-27-16-21(4)28(26)17-23-14-20(3)9-12-24(23)31-13-5-6-19(2)15-25(29)30;1-14-6-9-18(10-7-14)20-21-12-17(4)22(20)13-19-11-15(2)5-8-16(19)3;1-13-4-7-16(8-5-13)19-20-11-15(3)21(19)12-17-10-14(2)6-9-18(17)22;1-3-8-12-11(13)10-6-4-9(2)5-7-10/h8-13,16-17,20H,6-7,14-15,18H2,1-5H3;7-12,14,16,19H,5-6,13,15,17H2,1-4H3,(H,29,30);5-12H,13H2,1-4H3;4-11,22H,12H2,1-3H3;1,4-7H,8H2,2H3,(H,12,13)/t20-;19-;;;/m11.../s1. The number of benzene rings is 9. The van der Waals surface area contributed by atoms with Crippen molar-refractivity contribution in [2.45, 2.75) is 182 Å². The number of nitrogens with one attached hydrogen (secondary N) is 1. The number of carbonyl (C=O) groups is 3. The number of carboxylic acids is 1. The zero-order valence-corrected chi connectivity index (χ0v) is 72.7. The van der Waals surface area contributed by atoms with E-state index in [0.717, 1.165) is 129 Å². The number of aliphatic carboxylic acids is 1. The third-order valence-electron chi connectivity index (χ3n) is 21.0. The average Bonchev–Trinajstić information content (AvgIpc) is 1.70. The van der Waals surface area contributed by atoms with Gasteiger partial charge in [0.15, 0.2) is 0 Å². The van der Waals surface area contributed by atoms with Crippen molar-refractivity contribution in [2.24, 2.45) is 11.8 Å². The topological polar surface area (TPSA) is 193 Å². The van der Waals surface area contributed by atoms with Crippen LogP contribution in [0.5, 0.6) is 17.2 Å². The summed E-state index contributed by atoms with van der Waals surface area (Å²) in [5.41, 5.74) is 26.4. The Morgan fingerprint density at radius 1 is 0.403 bits per heavy atom. The number of carbonyl (C=O) groups excluding carboxylic acids is 2. The number of ketones is 1. The first-order valence-electron chi connectivity index (χ1n) is 41.1. The number of Topliss-reactive ketones (excluding diaryl/α,β-unsaturated/α-hetero) is 1. The summed E-state index contributed by atoms with van der Waals surface area (Å²) in [6.45, 7) is 39.4. The number of aryl methyl sites for hydroxylation is 14. The lowest BCUT2D eigenvalue weighted by Crippen LogP contribution is -2.23. The largest absolute Gasteiger partial charge is 0.508 e. The number of carboxylic acid groups (broad SMARTS) is 1. The number of imidazole rings is 4. The number of hydrogen-bond acceptors (Lipinski definition) is 10. The summed E-state index contributed by atoms with van der Waals surface area (Å²) >= 11 is 0. The molecule has 1 amide bonds. The third kappa shape index (κ3) is 27.2. The number of amides is 1. The second-order valence-electron chi connectivity index (χ2n) is 31.9. The van der Waals surface area contributed by atoms with Crippen LogP contribution < -0.4 is 14.8 Å². The van der Waals surface area contributed by atoms with Crippen LogP contribution >= 0.6 is 0 Å². The van der Waals surface area contributed by atoms with Gasteiger partial charge < -0.3 is 48.1 Å². The van der Waals surface area contributed by atoms with Crippen molar-refractivity contribution in [1.29, 1.82) is 0 Å². The molecule has 16 heteroatoms. The molecule has 16 nitrogen and oxygen atoms in total. The van der Waals surface area contributed by atoms with Crippen molar-refractivity contribution in [2.75, 3.05) is 19.8 Å². The molecule has 3 N–H and O–H groups in total. The molecule has 0 fully saturated rings. The van der Waals surface area contributed by atoms with Crippen molar-refractivity contribution < 1.29 is 34.1 Å². The molecule has 119 heavy (non-hydrogen) atoms. The lowest BCUT2D eigenvalue weighted by molar-refractivity contribution is -0.138. The molecule has 9 aromatic carbocycles. The van der Waals surface area contributed by atoms with E-state index in [1.165, 1.54) is 61.3 Å². The molecule has 13 rings (SSSR count). The van der Waals surface area contributed by atoms with E-state index < -0.39 is 5.97 Å². The summed E-state index contributed by atoms with van der Waals surface area (Å²) < 4.78 is 21.2. The van der Waals surface area contributed by atoms with Crippen LogP contribution in [0.4, 0.5) is 0 Å². The van der Waals surface area contributed by atoms with E-state index >= 15 is 0 Å². The number of phenols is 1. The van der Waals surface area contributed by atoms with Crippen LogP contribution in [0.15, 0.2) is 219 Å². The van der Waals surface area contributed by atoms with E-state index in [0.29, 0.717) is 56.5 Å². The predicted molar refractivity (Wildman–Crippen MR) is 484 cm³/mol. The van der Waals surface area contributed by atoms with Gasteiger partial charge in [0, 0.05) is 111 Å². The quantitative estimate of drug-likeness (QED) is 0.0312. The number of aromatic hydroxyl groups is 1. The van der Waals surface area contributed by atoms with Crippen LogP contribution in [0, 0.1) is 121 Å². The molecule has 0 saturated carbocycles. The molecular weight excluding hydrogens is 1480 g/mol. The van der Waals surface area contributed by atoms with Crippen LogP contribution in [0.25, 0.3) is 45.6 Å². The Hall–Kier alpha value is -12.6. The van der Waals surface area contributed by atoms with Crippen LogP contribution in [0.3, 0.4) is 0 Å². The minimum Gasteiger partial charge on any atom is -0.508 e. The zero-order valence-electron chi connectivity index (χ0n) is 72.7. The maximum absolute atomic E-state index is 11.3. The Balaban J connectivity index is 0.000000174. The Morgan fingerprint density at radius 2 is 0.706 bits per heavy atom. The smallest absolute Gasteiger partial charge is 0.303 e. The van der Waals surface area contributed by atoms with Gasteiger partial charge in [0.25, 0.3) is 5.91 Å². The molecule has 618 valence electrons. The number of nitrogens with zero attached hydrogens (tertiary/aromatic N) is 8. The van der Waals surface area contributed by atoms with Crippen molar-refractivity contribution in [3.8, 4) is 75.1 Å². The van der Waals surface area contributed by atoms with Crippen molar-refractivity contribution >= 4 is 17.7 Å². The minimum atomic E-state index is -0.741. The minimum absolute atomic E-state index is 0.127. The van der Waals surface area contributed by atoms with Gasteiger partial charge in [-0.05, 0) is 183 Å². The lowest BCUT2D eigenvalue weighted by atomic mass is 10.00. The normalized spacial score (nSPS) is 11.3. The molecular formula is C103H119N9O7. The highest BCUT2D eigenvalue weighted by molar-refractivity contribution is 5.94. The highest BCUT2D eigenvalue weighted by Crippen LogP contribution is 2.32. The highest BCUT2D eigenvalue weighted by atomic mass is 16.5. The molecule has 2 atom stereocenters. The predicted octanol–water partition coefficient (Wildman–Crippen LogP) is 22.5. The van der Waals surface area contributed by atoms with Crippen molar-refractivity contribution in [3.05, 3.63) is 325 Å². The molecule has 4 heterocycles. The fraction of sp³-hybridized carbons (Fsp3) is 0.311. The van der Waals surface area contributed by atoms with Gasteiger partial charge in [0.05, 0.1) is 39.4 Å². The van der Waals surface area contributed by atoms with Gasteiger partial charge in [0.1, 0.15) is 46.3 Å². The second-order valence-corrected chi connectivity index (χ2v) is 31.9.